The molecule has 26 heavy (non-hydrogen) atoms. The van der Waals surface area contributed by atoms with E-state index in [0.717, 1.165) is 6.07 Å². The number of benzene rings is 2. The molecule has 0 saturated carbocycles. The van der Waals surface area contributed by atoms with Gasteiger partial charge in [-0.2, -0.15) is 0 Å². The predicted octanol–water partition coefficient (Wildman–Crippen LogP) is 3.22. The smallest absolute Gasteiger partial charge is 0.337 e. The van der Waals surface area contributed by atoms with Crippen LogP contribution in [0.4, 0.5) is 15.8 Å². The van der Waals surface area contributed by atoms with Gasteiger partial charge < -0.3 is 15.4 Å². The summed E-state index contributed by atoms with van der Waals surface area (Å²) >= 11 is 0. The summed E-state index contributed by atoms with van der Waals surface area (Å²) in [6.07, 6.45) is 0. The predicted molar refractivity (Wildman–Crippen MR) is 95.2 cm³/mol. The SMILES string of the molecule is COC(=O)c1ccc(NC(=O)C(C)(C)C(=O)Nc2cccc(F)c2)cc1. The van der Waals surface area contributed by atoms with Crippen LogP contribution in [0, 0.1) is 11.2 Å². The summed E-state index contributed by atoms with van der Waals surface area (Å²) in [7, 11) is 1.28. The van der Waals surface area contributed by atoms with Crippen LogP contribution in [0.3, 0.4) is 0 Å². The van der Waals surface area contributed by atoms with Crippen LogP contribution >= 0.6 is 0 Å². The van der Waals surface area contributed by atoms with E-state index in [1.54, 1.807) is 0 Å². The third kappa shape index (κ3) is 4.44. The van der Waals surface area contributed by atoms with Crippen molar-refractivity contribution in [3.05, 3.63) is 59.9 Å². The molecule has 2 rings (SSSR count). The Balaban J connectivity index is 2.06. The molecular formula is C19H19FN2O4. The van der Waals surface area contributed by atoms with Gasteiger partial charge in [0.1, 0.15) is 11.2 Å². The van der Waals surface area contributed by atoms with Crippen molar-refractivity contribution in [1.29, 1.82) is 0 Å². The molecule has 0 spiro atoms. The summed E-state index contributed by atoms with van der Waals surface area (Å²) < 4.78 is 17.8. The number of rotatable bonds is 5. The zero-order valence-corrected chi connectivity index (χ0v) is 14.6. The monoisotopic (exact) mass is 358 g/mol. The molecule has 2 aromatic rings. The second-order valence-electron chi connectivity index (χ2n) is 6.11. The highest BCUT2D eigenvalue weighted by Crippen LogP contribution is 2.22. The second-order valence-corrected chi connectivity index (χ2v) is 6.11. The van der Waals surface area contributed by atoms with E-state index >= 15 is 0 Å². The molecule has 136 valence electrons. The summed E-state index contributed by atoms with van der Waals surface area (Å²) in [5.41, 5.74) is -0.381. The van der Waals surface area contributed by atoms with Gasteiger partial charge in [-0.05, 0) is 56.3 Å². The first-order chi connectivity index (χ1) is 12.2. The van der Waals surface area contributed by atoms with Gasteiger partial charge in [0.2, 0.25) is 11.8 Å². The first kappa shape index (κ1) is 19.1. The van der Waals surface area contributed by atoms with Gasteiger partial charge in [0.15, 0.2) is 0 Å². The zero-order valence-electron chi connectivity index (χ0n) is 14.6. The molecular weight excluding hydrogens is 339 g/mol. The Morgan fingerprint density at radius 3 is 2.04 bits per heavy atom. The Bertz CT molecular complexity index is 832. The summed E-state index contributed by atoms with van der Waals surface area (Å²) in [4.78, 5) is 36.3. The van der Waals surface area contributed by atoms with Gasteiger partial charge in [-0.15, -0.1) is 0 Å². The fourth-order valence-electron chi connectivity index (χ4n) is 2.05. The maximum Gasteiger partial charge on any atom is 0.337 e. The van der Waals surface area contributed by atoms with Gasteiger partial charge in [-0.1, -0.05) is 6.07 Å². The molecule has 7 heteroatoms. The number of halogens is 1. The number of amides is 2. The van der Waals surface area contributed by atoms with E-state index in [4.69, 9.17) is 0 Å². The molecule has 0 fully saturated rings. The molecule has 0 aromatic heterocycles. The van der Waals surface area contributed by atoms with Crippen LogP contribution in [0.5, 0.6) is 0 Å². The highest BCUT2D eigenvalue weighted by Gasteiger charge is 2.36. The molecule has 0 aliphatic rings. The van der Waals surface area contributed by atoms with E-state index in [1.165, 1.54) is 63.4 Å². The normalized spacial score (nSPS) is 10.8. The van der Waals surface area contributed by atoms with E-state index < -0.39 is 29.0 Å². The number of carbonyl (C=O) groups is 3. The van der Waals surface area contributed by atoms with Crippen molar-refractivity contribution in [2.45, 2.75) is 13.8 Å². The van der Waals surface area contributed by atoms with Crippen molar-refractivity contribution in [1.82, 2.24) is 0 Å². The van der Waals surface area contributed by atoms with Gasteiger partial charge in [0, 0.05) is 11.4 Å². The summed E-state index contributed by atoms with van der Waals surface area (Å²) in [5.74, 6) is -2.10. The number of methoxy groups -OCH3 is 1. The fourth-order valence-corrected chi connectivity index (χ4v) is 2.05. The van der Waals surface area contributed by atoms with Crippen LogP contribution in [-0.2, 0) is 14.3 Å². The molecule has 2 N–H and O–H groups in total. The largest absolute Gasteiger partial charge is 0.465 e. The Kier molecular flexibility index (Phi) is 5.71. The minimum Gasteiger partial charge on any atom is -0.465 e. The van der Waals surface area contributed by atoms with Gasteiger partial charge in [0.05, 0.1) is 12.7 Å². The molecule has 6 nitrogen and oxygen atoms in total. The number of nitrogens with one attached hydrogen (secondary N) is 2. The minimum atomic E-state index is -1.41. The summed E-state index contributed by atoms with van der Waals surface area (Å²) in [5, 5.41) is 5.14. The number of esters is 1. The minimum absolute atomic E-state index is 0.262. The average Bonchev–Trinajstić information content (AvgIpc) is 2.61. The van der Waals surface area contributed by atoms with E-state index in [0.29, 0.717) is 11.3 Å². The fraction of sp³-hybridized carbons (Fsp3) is 0.211. The number of hydrogen-bond donors (Lipinski definition) is 2. The van der Waals surface area contributed by atoms with Crippen LogP contribution in [0.15, 0.2) is 48.5 Å². The van der Waals surface area contributed by atoms with Crippen molar-refractivity contribution < 1.29 is 23.5 Å². The molecule has 2 amide bonds. The third-order valence-corrected chi connectivity index (χ3v) is 3.78. The standard InChI is InChI=1S/C19H19FN2O4/c1-19(2,18(25)22-15-6-4-5-13(20)11-15)17(24)21-14-9-7-12(8-10-14)16(23)26-3/h4-11H,1-3H3,(H,21,24)(H,22,25). The quantitative estimate of drug-likeness (QED) is 0.635. The molecule has 0 heterocycles. The number of hydrogen-bond acceptors (Lipinski definition) is 4. The highest BCUT2D eigenvalue weighted by molar-refractivity contribution is 6.14. The van der Waals surface area contributed by atoms with E-state index in [2.05, 4.69) is 15.4 Å². The summed E-state index contributed by atoms with van der Waals surface area (Å²) in [6, 6.07) is 11.5. The average molecular weight is 358 g/mol. The van der Waals surface area contributed by atoms with E-state index in [9.17, 15) is 18.8 Å². The number of carbonyl (C=O) groups excluding carboxylic acids is 3. The zero-order chi connectivity index (χ0) is 19.3. The molecule has 0 atom stereocenters. The first-order valence-corrected chi connectivity index (χ1v) is 7.81. The molecule has 0 aliphatic carbocycles. The van der Waals surface area contributed by atoms with Gasteiger partial charge in [-0.3, -0.25) is 9.59 Å². The Hall–Kier alpha value is -3.22. The lowest BCUT2D eigenvalue weighted by Gasteiger charge is -2.22. The van der Waals surface area contributed by atoms with Crippen molar-refractivity contribution >= 4 is 29.2 Å². The Labute approximate surface area is 150 Å². The Morgan fingerprint density at radius 2 is 1.50 bits per heavy atom. The van der Waals surface area contributed by atoms with Gasteiger partial charge >= 0.3 is 5.97 Å². The lowest BCUT2D eigenvalue weighted by atomic mass is 9.90. The lowest BCUT2D eigenvalue weighted by molar-refractivity contribution is -0.135. The van der Waals surface area contributed by atoms with Crippen molar-refractivity contribution in [3.8, 4) is 0 Å². The topological polar surface area (TPSA) is 84.5 Å². The van der Waals surface area contributed by atoms with Crippen LogP contribution < -0.4 is 10.6 Å². The lowest BCUT2D eigenvalue weighted by Crippen LogP contribution is -2.41. The highest BCUT2D eigenvalue weighted by atomic mass is 19.1. The van der Waals surface area contributed by atoms with Gasteiger partial charge in [0.25, 0.3) is 0 Å². The molecule has 0 aliphatic heterocycles. The van der Waals surface area contributed by atoms with Crippen molar-refractivity contribution in [3.63, 3.8) is 0 Å². The molecule has 2 aromatic carbocycles. The molecule has 0 saturated heterocycles. The molecule has 0 radical (unpaired) electrons. The van der Waals surface area contributed by atoms with E-state index in [1.807, 2.05) is 0 Å². The van der Waals surface area contributed by atoms with E-state index in [-0.39, 0.29) is 5.69 Å². The van der Waals surface area contributed by atoms with Crippen LogP contribution in [0.1, 0.15) is 24.2 Å². The number of ether oxygens (including phenoxy) is 1. The van der Waals surface area contributed by atoms with Crippen molar-refractivity contribution in [2.75, 3.05) is 17.7 Å². The van der Waals surface area contributed by atoms with Crippen molar-refractivity contribution in [2.24, 2.45) is 5.41 Å². The molecule has 0 bridgehead atoms. The van der Waals surface area contributed by atoms with Gasteiger partial charge in [-0.25, -0.2) is 9.18 Å². The first-order valence-electron chi connectivity index (χ1n) is 7.81. The summed E-state index contributed by atoms with van der Waals surface area (Å²) in [6.45, 7) is 2.92. The molecule has 0 unspecified atom stereocenters. The maximum absolute atomic E-state index is 13.2. The second kappa shape index (κ2) is 7.77. The van der Waals surface area contributed by atoms with Crippen LogP contribution in [0.25, 0.3) is 0 Å². The third-order valence-electron chi connectivity index (χ3n) is 3.78. The van der Waals surface area contributed by atoms with Crippen LogP contribution in [0.2, 0.25) is 0 Å². The number of anilines is 2. The Morgan fingerprint density at radius 1 is 0.923 bits per heavy atom. The maximum atomic E-state index is 13.2. The van der Waals surface area contributed by atoms with Crippen LogP contribution in [-0.4, -0.2) is 24.9 Å².